The van der Waals surface area contributed by atoms with Crippen LogP contribution in [0.4, 0.5) is 5.69 Å². The van der Waals surface area contributed by atoms with Gasteiger partial charge in [-0.1, -0.05) is 48.5 Å². The highest BCUT2D eigenvalue weighted by Gasteiger charge is 2.26. The normalized spacial score (nSPS) is 14.5. The first-order chi connectivity index (χ1) is 14.3. The average Bonchev–Trinajstić information content (AvgIpc) is 3.37. The first-order valence-corrected chi connectivity index (χ1v) is 9.99. The van der Waals surface area contributed by atoms with E-state index in [1.807, 2.05) is 41.3 Å². The lowest BCUT2D eigenvalue weighted by Crippen LogP contribution is -2.49. The van der Waals surface area contributed by atoms with E-state index in [2.05, 4.69) is 45.9 Å². The Labute approximate surface area is 169 Å². The van der Waals surface area contributed by atoms with Crippen LogP contribution in [0.2, 0.25) is 0 Å². The maximum atomic E-state index is 13.4. The Kier molecular flexibility index (Phi) is 4.56. The third kappa shape index (κ3) is 3.40. The SMILES string of the molecule is O=C(c1cc2occc2n1Cc1ccccc1)N1CCN(c2ccccc2)CC1. The summed E-state index contributed by atoms with van der Waals surface area (Å²) >= 11 is 0. The van der Waals surface area contributed by atoms with E-state index in [9.17, 15) is 4.79 Å². The number of aromatic nitrogens is 1. The molecule has 1 amide bonds. The molecule has 4 aromatic rings. The molecule has 5 nitrogen and oxygen atoms in total. The number of para-hydroxylation sites is 1. The fourth-order valence-electron chi connectivity index (χ4n) is 4.06. The molecule has 0 bridgehead atoms. The van der Waals surface area contributed by atoms with Gasteiger partial charge in [0.1, 0.15) is 5.69 Å². The molecular weight excluding hydrogens is 362 g/mol. The Balaban J connectivity index is 1.37. The Hall–Kier alpha value is -3.47. The van der Waals surface area contributed by atoms with Crippen LogP contribution in [0.5, 0.6) is 0 Å². The number of rotatable bonds is 4. The van der Waals surface area contributed by atoms with Crippen molar-refractivity contribution in [1.82, 2.24) is 9.47 Å². The van der Waals surface area contributed by atoms with Crippen molar-refractivity contribution in [3.05, 3.63) is 90.3 Å². The summed E-state index contributed by atoms with van der Waals surface area (Å²) in [4.78, 5) is 17.7. The maximum Gasteiger partial charge on any atom is 0.270 e. The minimum atomic E-state index is 0.0695. The Bertz CT molecular complexity index is 1110. The van der Waals surface area contributed by atoms with E-state index in [0.717, 1.165) is 29.8 Å². The van der Waals surface area contributed by atoms with E-state index in [1.54, 1.807) is 6.26 Å². The molecule has 1 aliphatic rings. The zero-order chi connectivity index (χ0) is 19.6. The largest absolute Gasteiger partial charge is 0.463 e. The van der Waals surface area contributed by atoms with Gasteiger partial charge in [0.05, 0.1) is 11.8 Å². The van der Waals surface area contributed by atoms with Gasteiger partial charge in [0, 0.05) is 50.5 Å². The van der Waals surface area contributed by atoms with Gasteiger partial charge in [-0.15, -0.1) is 0 Å². The van der Waals surface area contributed by atoms with Crippen LogP contribution in [0.1, 0.15) is 16.1 Å². The van der Waals surface area contributed by atoms with Crippen molar-refractivity contribution < 1.29 is 9.21 Å². The summed E-state index contributed by atoms with van der Waals surface area (Å²) in [5, 5.41) is 0. The Morgan fingerprint density at radius 3 is 2.28 bits per heavy atom. The number of anilines is 1. The third-order valence-corrected chi connectivity index (χ3v) is 5.61. The summed E-state index contributed by atoms with van der Waals surface area (Å²) in [6.45, 7) is 3.75. The van der Waals surface area contributed by atoms with Gasteiger partial charge >= 0.3 is 0 Å². The Morgan fingerprint density at radius 1 is 0.862 bits per heavy atom. The minimum absolute atomic E-state index is 0.0695. The molecule has 0 aliphatic carbocycles. The number of furan rings is 1. The van der Waals surface area contributed by atoms with Gasteiger partial charge < -0.3 is 18.8 Å². The van der Waals surface area contributed by atoms with E-state index in [0.29, 0.717) is 25.3 Å². The van der Waals surface area contributed by atoms with Gasteiger partial charge in [0.2, 0.25) is 0 Å². The number of hydrogen-bond donors (Lipinski definition) is 0. The van der Waals surface area contributed by atoms with Crippen LogP contribution in [0.15, 0.2) is 83.5 Å². The number of carbonyl (C=O) groups excluding carboxylic acids is 1. The summed E-state index contributed by atoms with van der Waals surface area (Å²) in [5.74, 6) is 0.0695. The van der Waals surface area contributed by atoms with Crippen LogP contribution in [-0.4, -0.2) is 41.6 Å². The predicted octanol–water partition coefficient (Wildman–Crippen LogP) is 4.25. The lowest BCUT2D eigenvalue weighted by molar-refractivity contribution is 0.0737. The molecule has 0 saturated carbocycles. The fourth-order valence-corrected chi connectivity index (χ4v) is 4.06. The molecule has 2 aromatic heterocycles. The lowest BCUT2D eigenvalue weighted by atomic mass is 10.2. The highest BCUT2D eigenvalue weighted by atomic mass is 16.3. The first-order valence-electron chi connectivity index (χ1n) is 9.99. The number of amides is 1. The number of piperazine rings is 1. The Morgan fingerprint density at radius 2 is 1.55 bits per heavy atom. The number of hydrogen-bond acceptors (Lipinski definition) is 3. The molecule has 146 valence electrons. The maximum absolute atomic E-state index is 13.4. The number of nitrogens with zero attached hydrogens (tertiary/aromatic N) is 3. The lowest BCUT2D eigenvalue weighted by Gasteiger charge is -2.36. The molecule has 0 spiro atoms. The smallest absolute Gasteiger partial charge is 0.270 e. The molecule has 2 aromatic carbocycles. The molecule has 0 unspecified atom stereocenters. The van der Waals surface area contributed by atoms with E-state index >= 15 is 0 Å². The van der Waals surface area contributed by atoms with E-state index in [-0.39, 0.29) is 5.91 Å². The van der Waals surface area contributed by atoms with Gasteiger partial charge in [-0.2, -0.15) is 0 Å². The van der Waals surface area contributed by atoms with E-state index in [1.165, 1.54) is 5.69 Å². The molecular formula is C24H23N3O2. The number of carbonyl (C=O) groups is 1. The second-order valence-corrected chi connectivity index (χ2v) is 7.39. The van der Waals surface area contributed by atoms with Crippen LogP contribution in [0.25, 0.3) is 11.1 Å². The molecule has 5 rings (SSSR count). The molecule has 5 heteroatoms. The second kappa shape index (κ2) is 7.51. The standard InChI is InChI=1S/C24H23N3O2/c28-24(26-14-12-25(13-15-26)20-9-5-2-6-10-20)22-17-23-21(11-16-29-23)27(22)18-19-7-3-1-4-8-19/h1-11,16-17H,12-15,18H2. The summed E-state index contributed by atoms with van der Waals surface area (Å²) < 4.78 is 7.66. The molecule has 1 fully saturated rings. The monoisotopic (exact) mass is 385 g/mol. The van der Waals surface area contributed by atoms with Gasteiger partial charge in [-0.3, -0.25) is 4.79 Å². The molecule has 0 atom stereocenters. The van der Waals surface area contributed by atoms with Crippen molar-refractivity contribution in [3.63, 3.8) is 0 Å². The third-order valence-electron chi connectivity index (χ3n) is 5.61. The number of fused-ring (bicyclic) bond motifs is 1. The number of benzene rings is 2. The molecule has 3 heterocycles. The topological polar surface area (TPSA) is 41.6 Å². The quantitative estimate of drug-likeness (QED) is 0.528. The summed E-state index contributed by atoms with van der Waals surface area (Å²) in [7, 11) is 0. The van der Waals surface area contributed by atoms with Crippen molar-refractivity contribution in [3.8, 4) is 0 Å². The summed E-state index contributed by atoms with van der Waals surface area (Å²) in [6, 6.07) is 24.4. The van der Waals surface area contributed by atoms with Crippen LogP contribution in [0.3, 0.4) is 0 Å². The van der Waals surface area contributed by atoms with Gasteiger partial charge in [-0.05, 0) is 17.7 Å². The molecule has 1 saturated heterocycles. The fraction of sp³-hybridized carbons (Fsp3) is 0.208. The summed E-state index contributed by atoms with van der Waals surface area (Å²) in [6.07, 6.45) is 1.68. The second-order valence-electron chi connectivity index (χ2n) is 7.39. The van der Waals surface area contributed by atoms with Crippen molar-refractivity contribution in [1.29, 1.82) is 0 Å². The van der Waals surface area contributed by atoms with Gasteiger partial charge in [-0.25, -0.2) is 0 Å². The van der Waals surface area contributed by atoms with Crippen molar-refractivity contribution >= 4 is 22.7 Å². The van der Waals surface area contributed by atoms with Crippen LogP contribution >= 0.6 is 0 Å². The first kappa shape index (κ1) is 17.6. The highest BCUT2D eigenvalue weighted by molar-refractivity contribution is 5.97. The van der Waals surface area contributed by atoms with E-state index in [4.69, 9.17) is 4.42 Å². The average molecular weight is 385 g/mol. The zero-order valence-electron chi connectivity index (χ0n) is 16.2. The van der Waals surface area contributed by atoms with Crippen molar-refractivity contribution in [2.24, 2.45) is 0 Å². The van der Waals surface area contributed by atoms with E-state index < -0.39 is 0 Å². The molecule has 0 radical (unpaired) electrons. The van der Waals surface area contributed by atoms with Gasteiger partial charge in [0.15, 0.2) is 5.58 Å². The van der Waals surface area contributed by atoms with Crippen LogP contribution in [-0.2, 0) is 6.54 Å². The molecule has 29 heavy (non-hydrogen) atoms. The van der Waals surface area contributed by atoms with Crippen molar-refractivity contribution in [2.75, 3.05) is 31.1 Å². The molecule has 1 aliphatic heterocycles. The minimum Gasteiger partial charge on any atom is -0.463 e. The summed E-state index contributed by atoms with van der Waals surface area (Å²) in [5.41, 5.74) is 4.78. The van der Waals surface area contributed by atoms with Crippen molar-refractivity contribution in [2.45, 2.75) is 6.54 Å². The zero-order valence-corrected chi connectivity index (χ0v) is 16.2. The highest BCUT2D eigenvalue weighted by Crippen LogP contribution is 2.24. The predicted molar refractivity (Wildman–Crippen MR) is 114 cm³/mol. The van der Waals surface area contributed by atoms with Gasteiger partial charge in [0.25, 0.3) is 5.91 Å². The van der Waals surface area contributed by atoms with Crippen LogP contribution in [0, 0.1) is 0 Å². The molecule has 0 N–H and O–H groups in total. The van der Waals surface area contributed by atoms with Crippen LogP contribution < -0.4 is 4.90 Å².